The molecule has 0 aromatic carbocycles. The van der Waals surface area contributed by atoms with E-state index in [0.29, 0.717) is 17.3 Å². The van der Waals surface area contributed by atoms with Gasteiger partial charge in [-0.05, 0) is 32.9 Å². The van der Waals surface area contributed by atoms with Crippen LogP contribution < -0.4 is 0 Å². The van der Waals surface area contributed by atoms with Crippen molar-refractivity contribution < 1.29 is 23.8 Å². The smallest absolute Gasteiger partial charge is 0.323 e. The van der Waals surface area contributed by atoms with Crippen molar-refractivity contribution in [3.05, 3.63) is 29.0 Å². The molecule has 0 aliphatic heterocycles. The average molecular weight is 344 g/mol. The Bertz CT molecular complexity index is 505. The molecule has 0 saturated carbocycles. The molecule has 7 heteroatoms. The molecule has 0 aliphatic rings. The van der Waals surface area contributed by atoms with E-state index < -0.39 is 24.0 Å². The summed E-state index contributed by atoms with van der Waals surface area (Å²) in [4.78, 5) is 28.6. The maximum atomic E-state index is 12.2. The van der Waals surface area contributed by atoms with Crippen LogP contribution in [0, 0.1) is 5.92 Å². The number of hydrogen-bond acceptors (Lipinski definition) is 6. The molecule has 1 heterocycles. The van der Waals surface area contributed by atoms with E-state index in [2.05, 4.69) is 4.98 Å². The lowest BCUT2D eigenvalue weighted by Gasteiger charge is -2.24. The highest BCUT2D eigenvalue weighted by atomic mass is 35.5. The lowest BCUT2D eigenvalue weighted by atomic mass is 9.97. The molecule has 0 fully saturated rings. The molecule has 1 unspecified atom stereocenters. The van der Waals surface area contributed by atoms with Crippen molar-refractivity contribution >= 4 is 23.5 Å². The lowest BCUT2D eigenvalue weighted by molar-refractivity contribution is -0.169. The van der Waals surface area contributed by atoms with Gasteiger partial charge in [-0.25, -0.2) is 0 Å². The first-order valence-corrected chi connectivity index (χ1v) is 7.97. The fourth-order valence-corrected chi connectivity index (χ4v) is 2.31. The van der Waals surface area contributed by atoms with Crippen molar-refractivity contribution in [3.8, 4) is 0 Å². The van der Waals surface area contributed by atoms with Crippen molar-refractivity contribution in [2.75, 3.05) is 19.8 Å². The summed E-state index contributed by atoms with van der Waals surface area (Å²) in [5.41, 5.74) is 0.547. The van der Waals surface area contributed by atoms with Gasteiger partial charge in [0.1, 0.15) is 0 Å². The number of carbonyl (C=O) groups is 2. The Balaban J connectivity index is 3.05. The summed E-state index contributed by atoms with van der Waals surface area (Å²) in [6.07, 6.45) is 1.04. The van der Waals surface area contributed by atoms with Gasteiger partial charge in [-0.15, -0.1) is 0 Å². The predicted octanol–water partition coefficient (Wildman–Crippen LogP) is 2.42. The minimum absolute atomic E-state index is 0.165. The Labute approximate surface area is 141 Å². The third-order valence-electron chi connectivity index (χ3n) is 3.06. The zero-order chi connectivity index (χ0) is 17.2. The van der Waals surface area contributed by atoms with Crippen molar-refractivity contribution in [1.29, 1.82) is 0 Å². The summed E-state index contributed by atoms with van der Waals surface area (Å²) in [6, 6.07) is 3.40. The van der Waals surface area contributed by atoms with E-state index >= 15 is 0 Å². The van der Waals surface area contributed by atoms with E-state index in [1.54, 1.807) is 39.1 Å². The standard InChI is InChI=1S/C16H22ClNO5/c1-4-21-13(10-12-11(17)8-7-9-18-12)14(15(19)22-5-2)16(20)23-6-3/h7-9,13-14H,4-6,10H2,1-3H3. The van der Waals surface area contributed by atoms with Gasteiger partial charge in [0.2, 0.25) is 0 Å². The number of aromatic nitrogens is 1. The number of halogens is 1. The number of ether oxygens (including phenoxy) is 3. The highest BCUT2D eigenvalue weighted by molar-refractivity contribution is 6.31. The van der Waals surface area contributed by atoms with Crippen molar-refractivity contribution in [2.24, 2.45) is 5.92 Å². The maximum absolute atomic E-state index is 12.2. The van der Waals surface area contributed by atoms with Crippen molar-refractivity contribution in [1.82, 2.24) is 4.98 Å². The molecule has 0 spiro atoms. The molecule has 1 aromatic heterocycles. The first kappa shape index (κ1) is 19.4. The van der Waals surface area contributed by atoms with Crippen LogP contribution in [0.5, 0.6) is 0 Å². The average Bonchev–Trinajstić information content (AvgIpc) is 2.50. The number of pyridine rings is 1. The fraction of sp³-hybridized carbons (Fsp3) is 0.562. The Morgan fingerprint density at radius 1 is 1.13 bits per heavy atom. The summed E-state index contributed by atoms with van der Waals surface area (Å²) in [7, 11) is 0. The molecule has 1 rings (SSSR count). The second kappa shape index (κ2) is 10.2. The minimum Gasteiger partial charge on any atom is -0.465 e. The number of carbonyl (C=O) groups excluding carboxylic acids is 2. The molecule has 6 nitrogen and oxygen atoms in total. The zero-order valence-corrected chi connectivity index (χ0v) is 14.3. The molecule has 1 atom stereocenters. The first-order valence-electron chi connectivity index (χ1n) is 7.59. The molecule has 0 aliphatic carbocycles. The number of nitrogens with zero attached hydrogens (tertiary/aromatic N) is 1. The highest BCUT2D eigenvalue weighted by Crippen LogP contribution is 2.21. The number of esters is 2. The van der Waals surface area contributed by atoms with Crippen LogP contribution in [0.4, 0.5) is 0 Å². The largest absolute Gasteiger partial charge is 0.465 e. The van der Waals surface area contributed by atoms with E-state index in [-0.39, 0.29) is 19.6 Å². The van der Waals surface area contributed by atoms with Gasteiger partial charge in [0, 0.05) is 19.2 Å². The maximum Gasteiger partial charge on any atom is 0.323 e. The van der Waals surface area contributed by atoms with Gasteiger partial charge in [-0.3, -0.25) is 14.6 Å². The van der Waals surface area contributed by atoms with Crippen LogP contribution in [0.15, 0.2) is 18.3 Å². The summed E-state index contributed by atoms with van der Waals surface area (Å²) < 4.78 is 15.6. The molecule has 0 bridgehead atoms. The Hall–Kier alpha value is -1.66. The summed E-state index contributed by atoms with van der Waals surface area (Å²) >= 11 is 6.10. The van der Waals surface area contributed by atoms with E-state index in [0.717, 1.165) is 0 Å². The van der Waals surface area contributed by atoms with Gasteiger partial charge in [0.05, 0.1) is 30.0 Å². The Morgan fingerprint density at radius 3 is 2.22 bits per heavy atom. The second-order valence-electron chi connectivity index (χ2n) is 4.61. The molecule has 0 saturated heterocycles. The van der Waals surface area contributed by atoms with Gasteiger partial charge in [-0.1, -0.05) is 11.6 Å². The third-order valence-corrected chi connectivity index (χ3v) is 3.41. The third kappa shape index (κ3) is 5.80. The molecule has 23 heavy (non-hydrogen) atoms. The van der Waals surface area contributed by atoms with Crippen LogP contribution in [0.2, 0.25) is 5.02 Å². The Kier molecular flexibility index (Phi) is 8.58. The van der Waals surface area contributed by atoms with Crippen LogP contribution >= 0.6 is 11.6 Å². The molecule has 128 valence electrons. The van der Waals surface area contributed by atoms with Gasteiger partial charge in [0.15, 0.2) is 5.92 Å². The quantitative estimate of drug-likeness (QED) is 0.506. The number of rotatable bonds is 9. The van der Waals surface area contributed by atoms with Gasteiger partial charge in [-0.2, -0.15) is 0 Å². The van der Waals surface area contributed by atoms with Crippen LogP contribution in [-0.2, 0) is 30.2 Å². The fourth-order valence-electron chi connectivity index (χ4n) is 2.11. The van der Waals surface area contributed by atoms with E-state index in [4.69, 9.17) is 25.8 Å². The summed E-state index contributed by atoms with van der Waals surface area (Å²) in [5.74, 6) is -2.51. The van der Waals surface area contributed by atoms with Crippen LogP contribution in [0.3, 0.4) is 0 Å². The molecular formula is C16H22ClNO5. The molecular weight excluding hydrogens is 322 g/mol. The van der Waals surface area contributed by atoms with Crippen molar-refractivity contribution in [2.45, 2.75) is 33.3 Å². The molecule has 0 radical (unpaired) electrons. The van der Waals surface area contributed by atoms with Crippen LogP contribution in [0.1, 0.15) is 26.5 Å². The van der Waals surface area contributed by atoms with Crippen LogP contribution in [0.25, 0.3) is 0 Å². The predicted molar refractivity (Wildman–Crippen MR) is 85.1 cm³/mol. The molecule has 1 aromatic rings. The second-order valence-corrected chi connectivity index (χ2v) is 5.02. The monoisotopic (exact) mass is 343 g/mol. The number of hydrogen-bond donors (Lipinski definition) is 0. The molecule has 0 amide bonds. The lowest BCUT2D eigenvalue weighted by Crippen LogP contribution is -2.40. The summed E-state index contributed by atoms with van der Waals surface area (Å²) in [5, 5.41) is 0.448. The SMILES string of the molecule is CCOC(=O)C(C(=O)OCC)C(Cc1ncccc1Cl)OCC. The summed E-state index contributed by atoms with van der Waals surface area (Å²) in [6.45, 7) is 5.78. The van der Waals surface area contributed by atoms with E-state index in [1.807, 2.05) is 0 Å². The normalized spacial score (nSPS) is 12.0. The van der Waals surface area contributed by atoms with Crippen molar-refractivity contribution in [3.63, 3.8) is 0 Å². The topological polar surface area (TPSA) is 74.7 Å². The highest BCUT2D eigenvalue weighted by Gasteiger charge is 2.38. The molecule has 0 N–H and O–H groups in total. The van der Waals surface area contributed by atoms with E-state index in [1.165, 1.54) is 0 Å². The van der Waals surface area contributed by atoms with Crippen LogP contribution in [-0.4, -0.2) is 42.8 Å². The van der Waals surface area contributed by atoms with Gasteiger partial charge >= 0.3 is 11.9 Å². The zero-order valence-electron chi connectivity index (χ0n) is 13.6. The minimum atomic E-state index is -1.17. The van der Waals surface area contributed by atoms with Gasteiger partial charge in [0.25, 0.3) is 0 Å². The van der Waals surface area contributed by atoms with E-state index in [9.17, 15) is 9.59 Å². The first-order chi connectivity index (χ1) is 11.0. The van der Waals surface area contributed by atoms with Gasteiger partial charge < -0.3 is 14.2 Å². The Morgan fingerprint density at radius 2 is 1.74 bits per heavy atom.